The molecule has 3 aromatic rings. The minimum absolute atomic E-state index is 0.0169. The smallest absolute Gasteiger partial charge is 0.232 e. The number of para-hydroxylation sites is 2. The lowest BCUT2D eigenvalue weighted by molar-refractivity contribution is -0.117. The van der Waals surface area contributed by atoms with Crippen molar-refractivity contribution in [3.05, 3.63) is 54.7 Å². The lowest BCUT2D eigenvalue weighted by atomic mass is 10.1. The second kappa shape index (κ2) is 6.95. The second-order valence-electron chi connectivity index (χ2n) is 6.00. The van der Waals surface area contributed by atoms with E-state index in [-0.39, 0.29) is 11.8 Å². The molecular formula is C19H18N4O3. The maximum Gasteiger partial charge on any atom is 0.232 e. The largest absolute Gasteiger partial charge is 0.492 e. The van der Waals surface area contributed by atoms with E-state index in [2.05, 4.69) is 15.1 Å². The lowest BCUT2D eigenvalue weighted by Gasteiger charge is -2.19. The van der Waals surface area contributed by atoms with E-state index in [9.17, 15) is 4.79 Å². The Hall–Kier alpha value is -3.22. The fourth-order valence-corrected chi connectivity index (χ4v) is 3.08. The Morgan fingerprint density at radius 3 is 2.96 bits per heavy atom. The van der Waals surface area contributed by atoms with Crippen molar-refractivity contribution >= 4 is 11.6 Å². The SMILES string of the molecule is CCOc1ccccc1N1CC(c2nc(-c3cccnc3)no2)CC1=O. The van der Waals surface area contributed by atoms with Gasteiger partial charge in [0.15, 0.2) is 0 Å². The molecule has 4 rings (SSSR count). The molecule has 132 valence electrons. The summed E-state index contributed by atoms with van der Waals surface area (Å²) in [5.74, 6) is 1.52. The van der Waals surface area contributed by atoms with E-state index >= 15 is 0 Å². The average Bonchev–Trinajstić information content (AvgIpc) is 3.30. The summed E-state index contributed by atoms with van der Waals surface area (Å²) < 4.78 is 11.1. The standard InChI is InChI=1S/C19H18N4O3/c1-2-25-16-8-4-3-7-15(16)23-12-14(10-17(23)24)19-21-18(22-26-19)13-6-5-9-20-11-13/h3-9,11,14H,2,10,12H2,1H3. The molecule has 0 radical (unpaired) electrons. The van der Waals surface area contributed by atoms with Crippen molar-refractivity contribution in [1.29, 1.82) is 0 Å². The summed E-state index contributed by atoms with van der Waals surface area (Å²) in [5, 5.41) is 4.02. The molecule has 1 aromatic carbocycles. The summed E-state index contributed by atoms with van der Waals surface area (Å²) in [6, 6.07) is 11.2. The molecule has 0 saturated carbocycles. The zero-order chi connectivity index (χ0) is 17.9. The first-order valence-electron chi connectivity index (χ1n) is 8.52. The third kappa shape index (κ3) is 3.03. The van der Waals surface area contributed by atoms with Gasteiger partial charge in [-0.25, -0.2) is 0 Å². The molecule has 1 fully saturated rings. The van der Waals surface area contributed by atoms with Crippen molar-refractivity contribution in [3.8, 4) is 17.1 Å². The van der Waals surface area contributed by atoms with Crippen LogP contribution < -0.4 is 9.64 Å². The maximum absolute atomic E-state index is 12.6. The first-order chi connectivity index (χ1) is 12.8. The summed E-state index contributed by atoms with van der Waals surface area (Å²) in [4.78, 5) is 22.8. The predicted molar refractivity (Wildman–Crippen MR) is 94.9 cm³/mol. The Bertz CT molecular complexity index is 910. The molecule has 0 bridgehead atoms. The number of nitrogens with zero attached hydrogens (tertiary/aromatic N) is 4. The fraction of sp³-hybridized carbons (Fsp3) is 0.263. The summed E-state index contributed by atoms with van der Waals surface area (Å²) in [7, 11) is 0. The van der Waals surface area contributed by atoms with Gasteiger partial charge in [0.05, 0.1) is 18.2 Å². The average molecular weight is 350 g/mol. The van der Waals surface area contributed by atoms with Crippen LogP contribution in [0.3, 0.4) is 0 Å². The third-order valence-corrected chi connectivity index (χ3v) is 4.29. The third-order valence-electron chi connectivity index (χ3n) is 4.29. The molecule has 1 saturated heterocycles. The van der Waals surface area contributed by atoms with Gasteiger partial charge < -0.3 is 14.2 Å². The molecule has 2 aromatic heterocycles. The molecule has 1 unspecified atom stereocenters. The van der Waals surface area contributed by atoms with Gasteiger partial charge in [-0.15, -0.1) is 0 Å². The summed E-state index contributed by atoms with van der Waals surface area (Å²) in [6.45, 7) is 2.95. The number of anilines is 1. The summed E-state index contributed by atoms with van der Waals surface area (Å²) in [6.07, 6.45) is 3.70. The van der Waals surface area contributed by atoms with Gasteiger partial charge in [-0.2, -0.15) is 4.98 Å². The minimum atomic E-state index is -0.143. The van der Waals surface area contributed by atoms with Crippen LogP contribution in [0.5, 0.6) is 5.75 Å². The van der Waals surface area contributed by atoms with Crippen molar-refractivity contribution in [2.24, 2.45) is 0 Å². The number of amides is 1. The Morgan fingerprint density at radius 2 is 2.15 bits per heavy atom. The zero-order valence-electron chi connectivity index (χ0n) is 14.3. The lowest BCUT2D eigenvalue weighted by Crippen LogP contribution is -2.25. The van der Waals surface area contributed by atoms with Gasteiger partial charge in [-0.05, 0) is 31.2 Å². The number of carbonyl (C=O) groups excluding carboxylic acids is 1. The monoisotopic (exact) mass is 350 g/mol. The summed E-state index contributed by atoms with van der Waals surface area (Å²) in [5.41, 5.74) is 1.55. The molecular weight excluding hydrogens is 332 g/mol. The van der Waals surface area contributed by atoms with E-state index < -0.39 is 0 Å². The fourth-order valence-electron chi connectivity index (χ4n) is 3.08. The van der Waals surface area contributed by atoms with Gasteiger partial charge in [0, 0.05) is 30.9 Å². The predicted octanol–water partition coefficient (Wildman–Crippen LogP) is 3.05. The second-order valence-corrected chi connectivity index (χ2v) is 6.00. The van der Waals surface area contributed by atoms with Crippen LogP contribution in [0.25, 0.3) is 11.4 Å². The van der Waals surface area contributed by atoms with Gasteiger partial charge in [0.1, 0.15) is 5.75 Å². The first kappa shape index (κ1) is 16.3. The maximum atomic E-state index is 12.6. The van der Waals surface area contributed by atoms with Crippen LogP contribution in [0.4, 0.5) is 5.69 Å². The topological polar surface area (TPSA) is 81.3 Å². The van der Waals surface area contributed by atoms with E-state index in [4.69, 9.17) is 9.26 Å². The molecule has 1 amide bonds. The molecule has 0 N–H and O–H groups in total. The van der Waals surface area contributed by atoms with Gasteiger partial charge in [-0.1, -0.05) is 17.3 Å². The number of aromatic nitrogens is 3. The molecule has 0 spiro atoms. The van der Waals surface area contributed by atoms with Crippen LogP contribution in [0, 0.1) is 0 Å². The minimum Gasteiger partial charge on any atom is -0.492 e. The molecule has 7 heteroatoms. The Labute approximate surface area is 150 Å². The number of benzene rings is 1. The number of pyridine rings is 1. The summed E-state index contributed by atoms with van der Waals surface area (Å²) >= 11 is 0. The number of hydrogen-bond donors (Lipinski definition) is 0. The Balaban J connectivity index is 1.57. The molecule has 7 nitrogen and oxygen atoms in total. The molecule has 1 atom stereocenters. The highest BCUT2D eigenvalue weighted by Gasteiger charge is 2.36. The van der Waals surface area contributed by atoms with Gasteiger partial charge >= 0.3 is 0 Å². The molecule has 1 aliphatic heterocycles. The van der Waals surface area contributed by atoms with Crippen molar-refractivity contribution in [2.75, 3.05) is 18.1 Å². The Morgan fingerprint density at radius 1 is 1.27 bits per heavy atom. The molecule has 1 aliphatic rings. The van der Waals surface area contributed by atoms with Gasteiger partial charge in [-0.3, -0.25) is 9.78 Å². The highest BCUT2D eigenvalue weighted by molar-refractivity contribution is 5.97. The van der Waals surface area contributed by atoms with Crippen molar-refractivity contribution in [2.45, 2.75) is 19.3 Å². The van der Waals surface area contributed by atoms with E-state index in [1.807, 2.05) is 43.3 Å². The van der Waals surface area contributed by atoms with Crippen molar-refractivity contribution in [3.63, 3.8) is 0 Å². The molecule has 26 heavy (non-hydrogen) atoms. The first-order valence-corrected chi connectivity index (χ1v) is 8.52. The van der Waals surface area contributed by atoms with Crippen LogP contribution in [0.15, 0.2) is 53.3 Å². The van der Waals surface area contributed by atoms with Crippen molar-refractivity contribution < 1.29 is 14.1 Å². The highest BCUT2D eigenvalue weighted by atomic mass is 16.5. The van der Waals surface area contributed by atoms with Gasteiger partial charge in [0.25, 0.3) is 0 Å². The van der Waals surface area contributed by atoms with E-state index in [0.29, 0.717) is 37.0 Å². The number of hydrogen-bond acceptors (Lipinski definition) is 6. The number of carbonyl (C=O) groups is 1. The van der Waals surface area contributed by atoms with Crippen LogP contribution in [-0.4, -0.2) is 34.2 Å². The number of rotatable bonds is 5. The number of ether oxygens (including phenoxy) is 1. The molecule has 0 aliphatic carbocycles. The molecule has 3 heterocycles. The van der Waals surface area contributed by atoms with Crippen LogP contribution in [-0.2, 0) is 4.79 Å². The van der Waals surface area contributed by atoms with E-state index in [0.717, 1.165) is 11.3 Å². The van der Waals surface area contributed by atoms with Crippen LogP contribution in [0.1, 0.15) is 25.2 Å². The zero-order valence-corrected chi connectivity index (χ0v) is 14.3. The normalized spacial score (nSPS) is 16.9. The van der Waals surface area contributed by atoms with Crippen molar-refractivity contribution in [1.82, 2.24) is 15.1 Å². The van der Waals surface area contributed by atoms with Gasteiger partial charge in [0.2, 0.25) is 17.6 Å². The van der Waals surface area contributed by atoms with Crippen LogP contribution >= 0.6 is 0 Å². The van der Waals surface area contributed by atoms with E-state index in [1.54, 1.807) is 17.3 Å². The Kier molecular flexibility index (Phi) is 4.35. The van der Waals surface area contributed by atoms with E-state index in [1.165, 1.54) is 0 Å². The van der Waals surface area contributed by atoms with Crippen LogP contribution in [0.2, 0.25) is 0 Å². The highest BCUT2D eigenvalue weighted by Crippen LogP contribution is 2.36. The quantitative estimate of drug-likeness (QED) is 0.703.